The lowest BCUT2D eigenvalue weighted by Gasteiger charge is -1.95. The summed E-state index contributed by atoms with van der Waals surface area (Å²) in [6, 6.07) is 0. The molecule has 0 aromatic heterocycles. The lowest BCUT2D eigenvalue weighted by atomic mass is 10.2. The molecule has 0 saturated carbocycles. The average Bonchev–Trinajstić information content (AvgIpc) is 1.99. The third kappa shape index (κ3) is 2.46. The number of hydroxylamine groups is 1. The van der Waals surface area contributed by atoms with Gasteiger partial charge in [0, 0.05) is 5.57 Å². The highest BCUT2D eigenvalue weighted by atomic mass is 16.5. The van der Waals surface area contributed by atoms with E-state index in [4.69, 9.17) is 5.21 Å². The summed E-state index contributed by atoms with van der Waals surface area (Å²) in [7, 11) is 0. The van der Waals surface area contributed by atoms with Crippen molar-refractivity contribution in [2.45, 2.75) is 13.8 Å². The van der Waals surface area contributed by atoms with Gasteiger partial charge in [0.15, 0.2) is 0 Å². The van der Waals surface area contributed by atoms with Crippen molar-refractivity contribution in [3.8, 4) is 0 Å². The van der Waals surface area contributed by atoms with E-state index in [0.717, 1.165) is 0 Å². The molecule has 0 unspecified atom stereocenters. The molecule has 0 spiro atoms. The Morgan fingerprint density at radius 1 is 1.50 bits per heavy atom. The molecule has 0 aliphatic rings. The van der Waals surface area contributed by atoms with Gasteiger partial charge in [-0.2, -0.15) is 0 Å². The summed E-state index contributed by atoms with van der Waals surface area (Å²) in [5, 5.41) is 8.19. The van der Waals surface area contributed by atoms with Crippen molar-refractivity contribution in [3.63, 3.8) is 0 Å². The normalized spacial score (nSPS) is 12.1. The van der Waals surface area contributed by atoms with E-state index in [9.17, 15) is 4.79 Å². The molecule has 0 aromatic carbocycles. The smallest absolute Gasteiger partial charge is 0.274 e. The van der Waals surface area contributed by atoms with Crippen LogP contribution in [-0.4, -0.2) is 11.1 Å². The number of nitrogens with one attached hydrogen (secondary N) is 1. The van der Waals surface area contributed by atoms with Gasteiger partial charge in [-0.1, -0.05) is 18.2 Å². The molecule has 56 valence electrons. The minimum atomic E-state index is -0.486. The van der Waals surface area contributed by atoms with Gasteiger partial charge >= 0.3 is 0 Å². The Morgan fingerprint density at radius 2 is 2.10 bits per heavy atom. The van der Waals surface area contributed by atoms with Crippen molar-refractivity contribution in [2.24, 2.45) is 0 Å². The first-order valence-corrected chi connectivity index (χ1v) is 2.99. The summed E-state index contributed by atoms with van der Waals surface area (Å²) >= 11 is 0. The maximum absolute atomic E-state index is 10.7. The summed E-state index contributed by atoms with van der Waals surface area (Å²) in [6.45, 7) is 3.53. The number of carbonyl (C=O) groups excluding carboxylic acids is 1. The highest BCUT2D eigenvalue weighted by Crippen LogP contribution is 1.95. The Kier molecular flexibility index (Phi) is 4.24. The number of carbonyl (C=O) groups is 1. The van der Waals surface area contributed by atoms with Crippen molar-refractivity contribution in [1.82, 2.24) is 5.48 Å². The van der Waals surface area contributed by atoms with Crippen LogP contribution in [0.4, 0.5) is 0 Å². The summed E-state index contributed by atoms with van der Waals surface area (Å²) < 4.78 is 0. The van der Waals surface area contributed by atoms with E-state index in [1.54, 1.807) is 37.6 Å². The second-order valence-corrected chi connectivity index (χ2v) is 1.68. The molecular weight excluding hydrogens is 130 g/mol. The molecule has 0 bridgehead atoms. The summed E-state index contributed by atoms with van der Waals surface area (Å²) in [5.74, 6) is -0.486. The molecule has 0 heterocycles. The number of rotatable bonds is 2. The fourth-order valence-electron chi connectivity index (χ4n) is 0.547. The highest BCUT2D eigenvalue weighted by Gasteiger charge is 2.00. The Morgan fingerprint density at radius 3 is 2.40 bits per heavy atom. The third-order valence-corrected chi connectivity index (χ3v) is 1.02. The van der Waals surface area contributed by atoms with E-state index >= 15 is 0 Å². The van der Waals surface area contributed by atoms with Crippen LogP contribution >= 0.6 is 0 Å². The van der Waals surface area contributed by atoms with Crippen LogP contribution < -0.4 is 5.48 Å². The van der Waals surface area contributed by atoms with E-state index in [-0.39, 0.29) is 0 Å². The van der Waals surface area contributed by atoms with Crippen molar-refractivity contribution < 1.29 is 10.0 Å². The molecule has 0 fully saturated rings. The van der Waals surface area contributed by atoms with Crippen LogP contribution in [0.2, 0.25) is 0 Å². The van der Waals surface area contributed by atoms with Gasteiger partial charge in [0.1, 0.15) is 0 Å². The highest BCUT2D eigenvalue weighted by molar-refractivity contribution is 5.95. The molecule has 0 aliphatic heterocycles. The van der Waals surface area contributed by atoms with Gasteiger partial charge in [-0.05, 0) is 13.8 Å². The van der Waals surface area contributed by atoms with Crippen LogP contribution in [0.1, 0.15) is 13.8 Å². The first-order valence-electron chi connectivity index (χ1n) is 2.99. The third-order valence-electron chi connectivity index (χ3n) is 1.02. The minimum absolute atomic E-state index is 0.449. The zero-order chi connectivity index (χ0) is 7.98. The first kappa shape index (κ1) is 8.91. The molecule has 0 saturated heterocycles. The lowest BCUT2D eigenvalue weighted by Crippen LogP contribution is -2.19. The Bertz CT molecular complexity index is 170. The van der Waals surface area contributed by atoms with Gasteiger partial charge in [0.05, 0.1) is 0 Å². The fraction of sp³-hybridized carbons (Fsp3) is 0.286. The Balaban J connectivity index is 4.23. The molecule has 0 radical (unpaired) electrons. The molecule has 3 nitrogen and oxygen atoms in total. The molecule has 0 aliphatic carbocycles. The standard InChI is InChI=1S/C7H11NO2/c1-3-5-6(4-2)7(9)8-10/h3-5,10H,1-2H3,(H,8,9). The average molecular weight is 141 g/mol. The van der Waals surface area contributed by atoms with E-state index in [2.05, 4.69) is 0 Å². The van der Waals surface area contributed by atoms with Gasteiger partial charge in [0.25, 0.3) is 5.91 Å². The lowest BCUT2D eigenvalue weighted by molar-refractivity contribution is -0.124. The van der Waals surface area contributed by atoms with E-state index in [1.165, 1.54) is 0 Å². The van der Waals surface area contributed by atoms with Crippen LogP contribution in [0.5, 0.6) is 0 Å². The van der Waals surface area contributed by atoms with Gasteiger partial charge in [-0.25, -0.2) is 5.48 Å². The van der Waals surface area contributed by atoms with Crippen LogP contribution in [0.15, 0.2) is 23.8 Å². The van der Waals surface area contributed by atoms with Crippen LogP contribution in [0.3, 0.4) is 0 Å². The maximum Gasteiger partial charge on any atom is 0.274 e. The zero-order valence-corrected chi connectivity index (χ0v) is 6.09. The fourth-order valence-corrected chi connectivity index (χ4v) is 0.547. The molecule has 2 N–H and O–H groups in total. The monoisotopic (exact) mass is 141 g/mol. The number of amides is 1. The van der Waals surface area contributed by atoms with Gasteiger partial charge in [-0.15, -0.1) is 0 Å². The van der Waals surface area contributed by atoms with E-state index in [0.29, 0.717) is 5.57 Å². The van der Waals surface area contributed by atoms with Crippen LogP contribution in [0.25, 0.3) is 0 Å². The van der Waals surface area contributed by atoms with Crippen molar-refractivity contribution in [1.29, 1.82) is 0 Å². The summed E-state index contributed by atoms with van der Waals surface area (Å²) in [6.07, 6.45) is 4.96. The molecule has 0 atom stereocenters. The Hall–Kier alpha value is -1.09. The van der Waals surface area contributed by atoms with E-state index in [1.807, 2.05) is 0 Å². The van der Waals surface area contributed by atoms with Gasteiger partial charge < -0.3 is 0 Å². The minimum Gasteiger partial charge on any atom is -0.288 e. The first-order chi connectivity index (χ1) is 4.76. The topological polar surface area (TPSA) is 49.3 Å². The summed E-state index contributed by atoms with van der Waals surface area (Å²) in [5.41, 5.74) is 1.99. The number of hydrogen-bond donors (Lipinski definition) is 2. The van der Waals surface area contributed by atoms with Crippen LogP contribution in [0, 0.1) is 0 Å². The summed E-state index contributed by atoms with van der Waals surface area (Å²) in [4.78, 5) is 10.7. The molecule has 0 rings (SSSR count). The predicted octanol–water partition coefficient (Wildman–Crippen LogP) is 1.01. The van der Waals surface area contributed by atoms with Crippen molar-refractivity contribution in [2.75, 3.05) is 0 Å². The molecule has 1 amide bonds. The van der Waals surface area contributed by atoms with Crippen molar-refractivity contribution >= 4 is 5.91 Å². The van der Waals surface area contributed by atoms with Gasteiger partial charge in [-0.3, -0.25) is 10.0 Å². The second-order valence-electron chi connectivity index (χ2n) is 1.68. The van der Waals surface area contributed by atoms with Crippen LogP contribution in [-0.2, 0) is 4.79 Å². The molecule has 10 heavy (non-hydrogen) atoms. The quantitative estimate of drug-likeness (QED) is 0.261. The molecule has 3 heteroatoms. The zero-order valence-electron chi connectivity index (χ0n) is 6.09. The molecule has 0 aromatic rings. The largest absolute Gasteiger partial charge is 0.288 e. The second kappa shape index (κ2) is 4.76. The Labute approximate surface area is 60.0 Å². The van der Waals surface area contributed by atoms with Crippen molar-refractivity contribution in [3.05, 3.63) is 23.8 Å². The maximum atomic E-state index is 10.7. The van der Waals surface area contributed by atoms with E-state index < -0.39 is 5.91 Å². The SMILES string of the molecule is CC=CC(=CC)C(=O)NO. The number of hydrogen-bond acceptors (Lipinski definition) is 2. The number of allylic oxidation sites excluding steroid dienone is 2. The van der Waals surface area contributed by atoms with Gasteiger partial charge in [0.2, 0.25) is 0 Å². The molecular formula is C7H11NO2. The predicted molar refractivity (Wildman–Crippen MR) is 38.5 cm³/mol.